The summed E-state index contributed by atoms with van der Waals surface area (Å²) >= 11 is 0.700. The molecule has 1 aliphatic heterocycles. The number of nitro benzene ring substituents is 1. The van der Waals surface area contributed by atoms with Gasteiger partial charge in [-0.1, -0.05) is 42.5 Å². The van der Waals surface area contributed by atoms with Crippen molar-refractivity contribution in [1.29, 1.82) is 0 Å². The molecule has 196 valence electrons. The Hall–Kier alpha value is -4.51. The minimum atomic E-state index is -0.577. The third kappa shape index (κ3) is 6.06. The summed E-state index contributed by atoms with van der Waals surface area (Å²) in [6.07, 6.45) is 1.31. The number of nitrogens with zero attached hydrogens (tertiary/aromatic N) is 2. The Labute approximate surface area is 222 Å². The van der Waals surface area contributed by atoms with Crippen LogP contribution in [0.1, 0.15) is 11.1 Å². The first-order valence-corrected chi connectivity index (χ1v) is 12.3. The lowest BCUT2D eigenvalue weighted by Gasteiger charge is -2.14. The van der Waals surface area contributed by atoms with Gasteiger partial charge in [-0.3, -0.25) is 24.6 Å². The number of carbonyl (C=O) groups is 2. The Bertz CT molecular complexity index is 1380. The normalized spacial score (nSPS) is 14.1. The fourth-order valence-corrected chi connectivity index (χ4v) is 4.52. The lowest BCUT2D eigenvalue weighted by Crippen LogP contribution is -2.32. The zero-order chi connectivity index (χ0) is 27.1. The van der Waals surface area contributed by atoms with Gasteiger partial charge in [0.25, 0.3) is 16.8 Å². The second-order valence-electron chi connectivity index (χ2n) is 7.93. The van der Waals surface area contributed by atoms with Crippen LogP contribution in [0.5, 0.6) is 23.0 Å². The van der Waals surface area contributed by atoms with Crippen molar-refractivity contribution in [2.24, 2.45) is 0 Å². The lowest BCUT2D eigenvalue weighted by atomic mass is 10.1. The smallest absolute Gasteiger partial charge is 0.293 e. The Kier molecular flexibility index (Phi) is 8.49. The van der Waals surface area contributed by atoms with Gasteiger partial charge in [-0.25, -0.2) is 0 Å². The van der Waals surface area contributed by atoms with Crippen LogP contribution in [-0.2, 0) is 11.4 Å². The molecule has 0 N–H and O–H groups in total. The summed E-state index contributed by atoms with van der Waals surface area (Å²) in [5.41, 5.74) is 0.694. The molecule has 11 heteroatoms. The zero-order valence-corrected chi connectivity index (χ0v) is 21.4. The second kappa shape index (κ2) is 12.2. The summed E-state index contributed by atoms with van der Waals surface area (Å²) in [4.78, 5) is 37.8. The van der Waals surface area contributed by atoms with Crippen molar-refractivity contribution < 1.29 is 33.5 Å². The minimum absolute atomic E-state index is 0.00225. The number of amides is 2. The number of ether oxygens (including phenoxy) is 4. The van der Waals surface area contributed by atoms with Crippen molar-refractivity contribution in [2.45, 2.75) is 6.61 Å². The average Bonchev–Trinajstić information content (AvgIpc) is 3.19. The van der Waals surface area contributed by atoms with E-state index >= 15 is 0 Å². The largest absolute Gasteiger partial charge is 0.493 e. The summed E-state index contributed by atoms with van der Waals surface area (Å²) in [6, 6.07) is 19.0. The topological polar surface area (TPSA) is 117 Å². The average molecular weight is 537 g/mol. The van der Waals surface area contributed by atoms with E-state index in [1.807, 2.05) is 30.3 Å². The number of rotatable bonds is 11. The van der Waals surface area contributed by atoms with Crippen LogP contribution in [0.15, 0.2) is 71.6 Å². The summed E-state index contributed by atoms with van der Waals surface area (Å²) in [5.74, 6) is 0.874. The fraction of sp³-hybridized carbons (Fsp3) is 0.185. The van der Waals surface area contributed by atoms with Crippen molar-refractivity contribution in [3.05, 3.63) is 92.9 Å². The van der Waals surface area contributed by atoms with Crippen LogP contribution in [-0.4, -0.2) is 48.3 Å². The Balaban J connectivity index is 1.51. The van der Waals surface area contributed by atoms with E-state index in [2.05, 4.69) is 0 Å². The van der Waals surface area contributed by atoms with Crippen molar-refractivity contribution >= 4 is 34.7 Å². The van der Waals surface area contributed by atoms with Gasteiger partial charge >= 0.3 is 0 Å². The molecule has 0 bridgehead atoms. The number of imide groups is 1. The van der Waals surface area contributed by atoms with Crippen molar-refractivity contribution in [2.75, 3.05) is 27.4 Å². The highest BCUT2D eigenvalue weighted by molar-refractivity contribution is 8.18. The molecule has 0 aliphatic carbocycles. The molecular formula is C27H24N2O8S. The monoisotopic (exact) mass is 536 g/mol. The van der Waals surface area contributed by atoms with Crippen molar-refractivity contribution in [1.82, 2.24) is 4.90 Å². The van der Waals surface area contributed by atoms with Crippen molar-refractivity contribution in [3.8, 4) is 23.0 Å². The number of hydrogen-bond donors (Lipinski definition) is 0. The third-order valence-electron chi connectivity index (χ3n) is 5.55. The van der Waals surface area contributed by atoms with Gasteiger partial charge in [0.2, 0.25) is 0 Å². The van der Waals surface area contributed by atoms with E-state index in [1.54, 1.807) is 24.3 Å². The molecule has 2 amide bonds. The molecule has 10 nitrogen and oxygen atoms in total. The molecule has 0 radical (unpaired) electrons. The van der Waals surface area contributed by atoms with Gasteiger partial charge in [0.1, 0.15) is 13.2 Å². The summed E-state index contributed by atoms with van der Waals surface area (Å²) < 4.78 is 22.1. The number of nitro groups is 1. The Morgan fingerprint density at radius 3 is 2.26 bits per heavy atom. The van der Waals surface area contributed by atoms with Gasteiger partial charge in [-0.05, 0) is 41.6 Å². The first kappa shape index (κ1) is 26.6. The maximum absolute atomic E-state index is 13.0. The minimum Gasteiger partial charge on any atom is -0.493 e. The van der Waals surface area contributed by atoms with Crippen LogP contribution in [0.2, 0.25) is 0 Å². The molecule has 0 spiro atoms. The molecule has 0 saturated carbocycles. The predicted molar refractivity (Wildman–Crippen MR) is 142 cm³/mol. The first-order valence-electron chi connectivity index (χ1n) is 11.5. The number of para-hydroxylation sites is 2. The van der Waals surface area contributed by atoms with Crippen LogP contribution in [0, 0.1) is 10.1 Å². The molecule has 1 heterocycles. The van der Waals surface area contributed by atoms with E-state index < -0.39 is 16.1 Å². The zero-order valence-electron chi connectivity index (χ0n) is 20.6. The summed E-state index contributed by atoms with van der Waals surface area (Å²) in [7, 11) is 2.93. The number of carbonyl (C=O) groups excluding carboxylic acids is 2. The quantitative estimate of drug-likeness (QED) is 0.183. The highest BCUT2D eigenvalue weighted by atomic mass is 32.2. The van der Waals surface area contributed by atoms with Crippen LogP contribution in [0.25, 0.3) is 6.08 Å². The van der Waals surface area contributed by atoms with Gasteiger partial charge in [0, 0.05) is 0 Å². The molecule has 0 aromatic heterocycles. The second-order valence-corrected chi connectivity index (χ2v) is 8.92. The molecule has 3 aromatic carbocycles. The Morgan fingerprint density at radius 1 is 0.895 bits per heavy atom. The maximum Gasteiger partial charge on any atom is 0.293 e. The molecule has 1 saturated heterocycles. The van der Waals surface area contributed by atoms with Crippen molar-refractivity contribution in [3.63, 3.8) is 0 Å². The molecule has 3 aromatic rings. The van der Waals surface area contributed by atoms with Gasteiger partial charge in [0.15, 0.2) is 23.0 Å². The van der Waals surface area contributed by atoms with E-state index in [4.69, 9.17) is 18.9 Å². The number of methoxy groups -OCH3 is 2. The van der Waals surface area contributed by atoms with E-state index in [-0.39, 0.29) is 47.4 Å². The fourth-order valence-electron chi connectivity index (χ4n) is 3.67. The van der Waals surface area contributed by atoms with Crippen LogP contribution < -0.4 is 18.9 Å². The number of hydrogen-bond acceptors (Lipinski definition) is 9. The maximum atomic E-state index is 13.0. The van der Waals surface area contributed by atoms with Gasteiger partial charge in [0.05, 0.1) is 42.2 Å². The van der Waals surface area contributed by atoms with Crippen LogP contribution in [0.3, 0.4) is 0 Å². The molecule has 1 fully saturated rings. The van der Waals surface area contributed by atoms with Gasteiger partial charge in [-0.15, -0.1) is 0 Å². The van der Waals surface area contributed by atoms with Crippen LogP contribution >= 0.6 is 11.8 Å². The summed E-state index contributed by atoms with van der Waals surface area (Å²) in [5, 5.41) is 11.3. The number of benzene rings is 3. The highest BCUT2D eigenvalue weighted by Gasteiger charge is 2.35. The molecule has 0 atom stereocenters. The van der Waals surface area contributed by atoms with E-state index in [9.17, 15) is 19.7 Å². The Morgan fingerprint density at radius 2 is 1.58 bits per heavy atom. The first-order chi connectivity index (χ1) is 18.4. The summed E-state index contributed by atoms with van der Waals surface area (Å²) in [6.45, 7) is 0.231. The SMILES string of the molecule is COc1ccccc1OCCN1C(=O)S/C(=C\c2cc(OC)c(OCc3ccccc3)cc2[N+](=O)[O-])C1=O. The lowest BCUT2D eigenvalue weighted by molar-refractivity contribution is -0.385. The van der Waals surface area contributed by atoms with E-state index in [1.165, 1.54) is 32.4 Å². The predicted octanol–water partition coefficient (Wildman–Crippen LogP) is 5.31. The highest BCUT2D eigenvalue weighted by Crippen LogP contribution is 2.39. The van der Waals surface area contributed by atoms with E-state index in [0.29, 0.717) is 23.3 Å². The molecular weight excluding hydrogens is 512 g/mol. The van der Waals surface area contributed by atoms with Crippen LogP contribution in [0.4, 0.5) is 10.5 Å². The number of thioether (sulfide) groups is 1. The molecule has 0 unspecified atom stereocenters. The molecule has 38 heavy (non-hydrogen) atoms. The third-order valence-corrected chi connectivity index (χ3v) is 6.46. The van der Waals surface area contributed by atoms with Gasteiger partial charge in [-0.2, -0.15) is 0 Å². The van der Waals surface area contributed by atoms with E-state index in [0.717, 1.165) is 10.5 Å². The standard InChI is InChI=1S/C27H24N2O8S/c1-34-21-10-6-7-11-22(21)36-13-12-28-26(30)25(38-27(28)31)15-19-14-23(35-2)24(16-20(19)29(32)33)37-17-18-8-4-3-5-9-18/h3-11,14-16H,12-13,17H2,1-2H3/b25-15-. The molecule has 1 aliphatic rings. The molecule has 4 rings (SSSR count). The van der Waals surface area contributed by atoms with Gasteiger partial charge < -0.3 is 18.9 Å².